The Labute approximate surface area is 185 Å². The van der Waals surface area contributed by atoms with Crippen LogP contribution in [0, 0.1) is 5.92 Å². The molecule has 0 radical (unpaired) electrons. The molecular weight excluding hydrogens is 392 g/mol. The highest BCUT2D eigenvalue weighted by Gasteiger charge is 2.33. The van der Waals surface area contributed by atoms with Crippen LogP contribution in [0.15, 0.2) is 24.4 Å². The molecule has 1 aromatic carbocycles. The summed E-state index contributed by atoms with van der Waals surface area (Å²) >= 11 is 0. The molecule has 1 aromatic heterocycles. The maximum atomic E-state index is 12.7. The first-order chi connectivity index (χ1) is 14.2. The first-order valence-corrected chi connectivity index (χ1v) is 11.1. The number of likely N-dealkylation sites (tertiary alicyclic amines) is 1. The van der Waals surface area contributed by atoms with Gasteiger partial charge in [-0.15, -0.1) is 0 Å². The molecule has 1 aliphatic heterocycles. The van der Waals surface area contributed by atoms with Gasteiger partial charge in [0.05, 0.1) is 5.52 Å². The maximum absolute atomic E-state index is 12.7. The van der Waals surface area contributed by atoms with Crippen LogP contribution in [-0.4, -0.2) is 45.9 Å². The summed E-state index contributed by atoms with van der Waals surface area (Å²) in [6.45, 7) is 16.9. The summed E-state index contributed by atoms with van der Waals surface area (Å²) in [5, 5.41) is 1.08. The van der Waals surface area contributed by atoms with Gasteiger partial charge < -0.3 is 14.4 Å². The van der Waals surface area contributed by atoms with Crippen LogP contribution in [0.1, 0.15) is 72.4 Å². The summed E-state index contributed by atoms with van der Waals surface area (Å²) in [7, 11) is 0. The van der Waals surface area contributed by atoms with Crippen molar-refractivity contribution in [3.05, 3.63) is 35.5 Å². The van der Waals surface area contributed by atoms with Crippen molar-refractivity contribution in [1.82, 2.24) is 9.47 Å². The molecule has 0 spiro atoms. The van der Waals surface area contributed by atoms with Crippen molar-refractivity contribution in [3.63, 3.8) is 0 Å². The minimum atomic E-state index is -0.546. The second kappa shape index (κ2) is 8.21. The van der Waals surface area contributed by atoms with E-state index >= 15 is 0 Å². The van der Waals surface area contributed by atoms with Gasteiger partial charge in [0.2, 0.25) is 0 Å². The van der Waals surface area contributed by atoms with Gasteiger partial charge in [0.1, 0.15) is 11.2 Å². The number of ether oxygens (including phenoxy) is 2. The molecule has 0 N–H and O–H groups in total. The van der Waals surface area contributed by atoms with Gasteiger partial charge in [0.15, 0.2) is 0 Å². The number of fused-ring (bicyclic) bond motifs is 1. The number of hydrogen-bond acceptors (Lipinski definition) is 4. The van der Waals surface area contributed by atoms with Crippen LogP contribution in [0.4, 0.5) is 9.59 Å². The zero-order valence-corrected chi connectivity index (χ0v) is 20.1. The lowest BCUT2D eigenvalue weighted by Gasteiger charge is -2.40. The van der Waals surface area contributed by atoms with Gasteiger partial charge in [0.25, 0.3) is 0 Å². The highest BCUT2D eigenvalue weighted by atomic mass is 16.6. The topological polar surface area (TPSA) is 60.8 Å². The van der Waals surface area contributed by atoms with Gasteiger partial charge in [-0.05, 0) is 83.1 Å². The number of nitrogens with zero attached hydrogens (tertiary/aromatic N) is 2. The third-order valence-electron chi connectivity index (χ3n) is 5.25. The van der Waals surface area contributed by atoms with E-state index in [0.29, 0.717) is 19.0 Å². The molecule has 6 nitrogen and oxygen atoms in total. The van der Waals surface area contributed by atoms with Crippen LogP contribution >= 0.6 is 0 Å². The van der Waals surface area contributed by atoms with Crippen LogP contribution in [0.5, 0.6) is 0 Å². The molecule has 1 amide bonds. The molecule has 0 aliphatic carbocycles. The third kappa shape index (κ3) is 5.60. The lowest BCUT2D eigenvalue weighted by Crippen LogP contribution is -2.52. The Hall–Kier alpha value is -2.50. The minimum Gasteiger partial charge on any atom is -0.444 e. The van der Waals surface area contributed by atoms with E-state index < -0.39 is 11.2 Å². The molecule has 0 atom stereocenters. The molecule has 0 bridgehead atoms. The molecule has 2 aromatic rings. The van der Waals surface area contributed by atoms with E-state index in [4.69, 9.17) is 9.47 Å². The molecule has 0 saturated carbocycles. The number of hydrogen-bond donors (Lipinski definition) is 0. The fourth-order valence-corrected chi connectivity index (χ4v) is 3.86. The van der Waals surface area contributed by atoms with Crippen LogP contribution in [-0.2, 0) is 15.9 Å². The molecule has 1 fully saturated rings. The van der Waals surface area contributed by atoms with Crippen molar-refractivity contribution in [2.24, 2.45) is 5.92 Å². The van der Waals surface area contributed by atoms with Crippen LogP contribution in [0.25, 0.3) is 10.9 Å². The van der Waals surface area contributed by atoms with E-state index in [1.165, 1.54) is 5.56 Å². The molecule has 2 heterocycles. The van der Waals surface area contributed by atoms with Crippen LogP contribution in [0.2, 0.25) is 0 Å². The molecule has 6 heteroatoms. The smallest absolute Gasteiger partial charge is 0.419 e. The largest absolute Gasteiger partial charge is 0.444 e. The van der Waals surface area contributed by atoms with Crippen molar-refractivity contribution in [1.29, 1.82) is 0 Å². The molecule has 0 unspecified atom stereocenters. The van der Waals surface area contributed by atoms with Crippen molar-refractivity contribution in [2.75, 3.05) is 13.1 Å². The molecule has 3 rings (SSSR count). The second-order valence-electron chi connectivity index (χ2n) is 10.9. The fraction of sp³-hybridized carbons (Fsp3) is 0.600. The van der Waals surface area contributed by atoms with Gasteiger partial charge in [-0.1, -0.05) is 19.9 Å². The fourth-order valence-electron chi connectivity index (χ4n) is 3.86. The molecule has 170 valence electrons. The number of amides is 1. The first-order valence-electron chi connectivity index (χ1n) is 11.1. The lowest BCUT2D eigenvalue weighted by atomic mass is 9.91. The Kier molecular flexibility index (Phi) is 6.14. The average molecular weight is 429 g/mol. The van der Waals surface area contributed by atoms with Gasteiger partial charge >= 0.3 is 12.2 Å². The summed E-state index contributed by atoms with van der Waals surface area (Å²) in [5.41, 5.74) is 2.19. The normalized spacial score (nSPS) is 15.3. The van der Waals surface area contributed by atoms with E-state index in [0.717, 1.165) is 22.9 Å². The van der Waals surface area contributed by atoms with E-state index in [1.54, 1.807) is 9.47 Å². The number of carbonyl (C=O) groups excluding carboxylic acids is 2. The number of benzene rings is 1. The first kappa shape index (κ1) is 23.2. The molecular formula is C25H36N2O4. The van der Waals surface area contributed by atoms with E-state index in [-0.39, 0.29) is 18.1 Å². The third-order valence-corrected chi connectivity index (χ3v) is 5.25. The minimum absolute atomic E-state index is 0.240. The zero-order chi connectivity index (χ0) is 23.1. The van der Waals surface area contributed by atoms with Crippen LogP contribution < -0.4 is 0 Å². The number of aromatic nitrogens is 1. The van der Waals surface area contributed by atoms with Gasteiger partial charge in [-0.2, -0.15) is 0 Å². The summed E-state index contributed by atoms with van der Waals surface area (Å²) in [5.74, 6) is 0.702. The van der Waals surface area contributed by atoms with Crippen molar-refractivity contribution in [3.8, 4) is 0 Å². The molecule has 1 saturated heterocycles. The van der Waals surface area contributed by atoms with Crippen molar-refractivity contribution >= 4 is 23.1 Å². The van der Waals surface area contributed by atoms with Gasteiger partial charge in [-0.3, -0.25) is 4.57 Å². The predicted molar refractivity (Wildman–Crippen MR) is 123 cm³/mol. The second-order valence-corrected chi connectivity index (χ2v) is 10.9. The van der Waals surface area contributed by atoms with Crippen molar-refractivity contribution in [2.45, 2.75) is 78.9 Å². The SMILES string of the molecule is CC(C)c1cn(C(=O)OC(C)(C)C)c2ccc(CC3CN(C(=O)OC(C)(C)C)C3)cc12. The molecule has 1 aliphatic rings. The standard InChI is InChI=1S/C25H36N2O4/c1-16(2)20-15-27(23(29)31-25(6,7)8)21-10-9-17(12-19(20)21)11-18-13-26(14-18)22(28)30-24(3,4)5/h9-10,12,15-16,18H,11,13-14H2,1-8H3. The number of carbonyl (C=O) groups is 2. The van der Waals surface area contributed by atoms with Gasteiger partial charge in [0, 0.05) is 24.7 Å². The monoisotopic (exact) mass is 428 g/mol. The van der Waals surface area contributed by atoms with E-state index in [2.05, 4.69) is 26.0 Å². The summed E-state index contributed by atoms with van der Waals surface area (Å²) in [6, 6.07) is 6.26. The van der Waals surface area contributed by atoms with E-state index in [9.17, 15) is 9.59 Å². The summed E-state index contributed by atoms with van der Waals surface area (Å²) in [6.07, 6.45) is 2.20. The predicted octanol–water partition coefficient (Wildman–Crippen LogP) is 5.96. The summed E-state index contributed by atoms with van der Waals surface area (Å²) in [4.78, 5) is 26.6. The highest BCUT2D eigenvalue weighted by Crippen LogP contribution is 2.31. The Morgan fingerprint density at radius 1 is 1.00 bits per heavy atom. The number of rotatable bonds is 3. The van der Waals surface area contributed by atoms with Crippen LogP contribution in [0.3, 0.4) is 0 Å². The highest BCUT2D eigenvalue weighted by molar-refractivity contribution is 5.92. The summed E-state index contributed by atoms with van der Waals surface area (Å²) < 4.78 is 12.6. The average Bonchev–Trinajstić information content (AvgIpc) is 2.93. The Morgan fingerprint density at radius 3 is 2.13 bits per heavy atom. The Bertz CT molecular complexity index is 970. The maximum Gasteiger partial charge on any atom is 0.419 e. The zero-order valence-electron chi connectivity index (χ0n) is 20.1. The lowest BCUT2D eigenvalue weighted by molar-refractivity contribution is -0.000891. The Balaban J connectivity index is 1.75. The Morgan fingerprint density at radius 2 is 1.58 bits per heavy atom. The molecule has 31 heavy (non-hydrogen) atoms. The quantitative estimate of drug-likeness (QED) is 0.605. The van der Waals surface area contributed by atoms with Crippen molar-refractivity contribution < 1.29 is 19.1 Å². The van der Waals surface area contributed by atoms with E-state index in [1.807, 2.05) is 53.8 Å². The van der Waals surface area contributed by atoms with Gasteiger partial charge in [-0.25, -0.2) is 9.59 Å².